The van der Waals surface area contributed by atoms with Crippen molar-refractivity contribution >= 4 is 40.7 Å². The Morgan fingerprint density at radius 3 is 2.33 bits per heavy atom. The fraction of sp³-hybridized carbons (Fsp3) is 0.880. The molecule has 6 unspecified atom stereocenters. The first kappa shape index (κ1) is 26.9. The molecule has 6 atom stereocenters. The summed E-state index contributed by atoms with van der Waals surface area (Å²) in [5.41, 5.74) is 0. The Balaban J connectivity index is 1.64. The molecule has 3 rings (SSSR count). The fourth-order valence-electron chi connectivity index (χ4n) is 6.53. The molecule has 2 saturated carbocycles. The van der Waals surface area contributed by atoms with E-state index < -0.39 is 11.9 Å². The van der Waals surface area contributed by atoms with Gasteiger partial charge < -0.3 is 14.8 Å². The van der Waals surface area contributed by atoms with Gasteiger partial charge in [0, 0.05) is 67.8 Å². The molecule has 0 spiro atoms. The molecule has 1 heterocycles. The molecule has 1 aliphatic heterocycles. The molecule has 0 bridgehead atoms. The molecule has 33 heavy (non-hydrogen) atoms. The highest BCUT2D eigenvalue weighted by Crippen LogP contribution is 2.42. The van der Waals surface area contributed by atoms with E-state index in [9.17, 15) is 19.5 Å². The SMILES string of the molecule is CC(C)N1CC(C(=O)[O-])C(=O)C2CCC(C(=O)C3CCCC(CN(CCCl)CCCl)C3)CC21. The van der Waals surface area contributed by atoms with Crippen molar-refractivity contribution in [1.29, 1.82) is 0 Å². The van der Waals surface area contributed by atoms with Crippen LogP contribution in [0.25, 0.3) is 0 Å². The second-order valence-electron chi connectivity index (χ2n) is 10.6. The van der Waals surface area contributed by atoms with Crippen molar-refractivity contribution in [2.24, 2.45) is 29.6 Å². The molecule has 6 nitrogen and oxygen atoms in total. The highest BCUT2D eigenvalue weighted by atomic mass is 35.5. The van der Waals surface area contributed by atoms with Crippen molar-refractivity contribution in [3.63, 3.8) is 0 Å². The number of aliphatic carboxylic acids is 1. The van der Waals surface area contributed by atoms with Crippen LogP contribution in [0.5, 0.6) is 0 Å². The van der Waals surface area contributed by atoms with Crippen LogP contribution in [-0.4, -0.2) is 77.4 Å². The van der Waals surface area contributed by atoms with Crippen LogP contribution in [-0.2, 0) is 14.4 Å². The lowest BCUT2D eigenvalue weighted by atomic mass is 9.66. The molecule has 0 amide bonds. The summed E-state index contributed by atoms with van der Waals surface area (Å²) in [4.78, 5) is 42.4. The molecule has 0 aromatic rings. The van der Waals surface area contributed by atoms with Crippen LogP contribution in [0.4, 0.5) is 0 Å². The second-order valence-corrected chi connectivity index (χ2v) is 11.3. The predicted octanol–water partition coefficient (Wildman–Crippen LogP) is 2.59. The summed E-state index contributed by atoms with van der Waals surface area (Å²) in [6.07, 6.45) is 6.03. The van der Waals surface area contributed by atoms with E-state index in [2.05, 4.69) is 9.80 Å². The molecule has 188 valence electrons. The summed E-state index contributed by atoms with van der Waals surface area (Å²) < 4.78 is 0. The van der Waals surface area contributed by atoms with Gasteiger partial charge in [0.25, 0.3) is 0 Å². The summed E-state index contributed by atoms with van der Waals surface area (Å²) in [7, 11) is 0. The van der Waals surface area contributed by atoms with Gasteiger partial charge in [-0.15, -0.1) is 23.2 Å². The number of likely N-dealkylation sites (tertiary alicyclic amines) is 1. The lowest BCUT2D eigenvalue weighted by Gasteiger charge is -2.50. The molecular formula is C25H39Cl2N2O4-. The number of alkyl halides is 2. The van der Waals surface area contributed by atoms with Crippen molar-refractivity contribution in [2.45, 2.75) is 70.9 Å². The Hall–Kier alpha value is -0.690. The van der Waals surface area contributed by atoms with Gasteiger partial charge in [-0.1, -0.05) is 6.42 Å². The van der Waals surface area contributed by atoms with Gasteiger partial charge >= 0.3 is 0 Å². The minimum absolute atomic E-state index is 0.0367. The number of carboxylic acids is 1. The van der Waals surface area contributed by atoms with Crippen molar-refractivity contribution in [3.05, 3.63) is 0 Å². The number of halogens is 2. The van der Waals surface area contributed by atoms with Gasteiger partial charge in [0.05, 0.1) is 11.9 Å². The maximum absolute atomic E-state index is 13.6. The third kappa shape index (κ3) is 6.50. The summed E-state index contributed by atoms with van der Waals surface area (Å²) in [5.74, 6) is -0.753. The summed E-state index contributed by atoms with van der Waals surface area (Å²) in [5, 5.41) is 11.5. The molecule has 0 aromatic heterocycles. The van der Waals surface area contributed by atoms with E-state index in [1.165, 1.54) is 0 Å². The predicted molar refractivity (Wildman–Crippen MR) is 128 cm³/mol. The van der Waals surface area contributed by atoms with Crippen molar-refractivity contribution in [1.82, 2.24) is 9.80 Å². The smallest absolute Gasteiger partial charge is 0.147 e. The average molecular weight is 503 g/mol. The quantitative estimate of drug-likeness (QED) is 0.338. The van der Waals surface area contributed by atoms with E-state index in [1.54, 1.807) is 0 Å². The molecule has 3 fully saturated rings. The number of fused-ring (bicyclic) bond motifs is 1. The maximum atomic E-state index is 13.6. The summed E-state index contributed by atoms with van der Waals surface area (Å²) in [6.45, 7) is 6.85. The van der Waals surface area contributed by atoms with Crippen molar-refractivity contribution < 1.29 is 19.5 Å². The number of hydrogen-bond acceptors (Lipinski definition) is 6. The van der Waals surface area contributed by atoms with Gasteiger partial charge in [-0.25, -0.2) is 0 Å². The molecule has 8 heteroatoms. The van der Waals surface area contributed by atoms with E-state index in [1.807, 2.05) is 13.8 Å². The Bertz CT molecular complexity index is 698. The maximum Gasteiger partial charge on any atom is 0.147 e. The van der Waals surface area contributed by atoms with Crippen LogP contribution in [0.3, 0.4) is 0 Å². The average Bonchev–Trinajstić information content (AvgIpc) is 2.78. The number of rotatable bonds is 10. The van der Waals surface area contributed by atoms with Gasteiger partial charge in [0.1, 0.15) is 11.6 Å². The molecule has 0 aromatic carbocycles. The van der Waals surface area contributed by atoms with Gasteiger partial charge in [-0.2, -0.15) is 0 Å². The van der Waals surface area contributed by atoms with E-state index in [-0.39, 0.29) is 42.2 Å². The van der Waals surface area contributed by atoms with Gasteiger partial charge in [-0.3, -0.25) is 14.5 Å². The fourth-order valence-corrected chi connectivity index (χ4v) is 7.01. The Morgan fingerprint density at radius 2 is 1.73 bits per heavy atom. The van der Waals surface area contributed by atoms with Gasteiger partial charge in [-0.05, 0) is 58.3 Å². The lowest BCUT2D eigenvalue weighted by molar-refractivity contribution is -0.311. The molecule has 2 aliphatic carbocycles. The van der Waals surface area contributed by atoms with E-state index in [4.69, 9.17) is 23.2 Å². The van der Waals surface area contributed by atoms with Crippen LogP contribution >= 0.6 is 23.2 Å². The molecule has 3 aliphatic rings. The third-order valence-corrected chi connectivity index (χ3v) is 8.54. The van der Waals surface area contributed by atoms with Crippen LogP contribution in [0.2, 0.25) is 0 Å². The van der Waals surface area contributed by atoms with Crippen LogP contribution in [0, 0.1) is 29.6 Å². The van der Waals surface area contributed by atoms with Gasteiger partial charge in [0.15, 0.2) is 0 Å². The third-order valence-electron chi connectivity index (χ3n) is 8.20. The number of Topliss-reactive ketones (excluding diaryl/α,β-unsaturated/α-hetero) is 2. The highest BCUT2D eigenvalue weighted by Gasteiger charge is 2.48. The number of piperidine rings is 1. The minimum Gasteiger partial charge on any atom is -0.549 e. The Morgan fingerprint density at radius 1 is 1.06 bits per heavy atom. The van der Waals surface area contributed by atoms with Crippen LogP contribution in [0.15, 0.2) is 0 Å². The minimum atomic E-state index is -1.27. The molecular weight excluding hydrogens is 463 g/mol. The largest absolute Gasteiger partial charge is 0.549 e. The highest BCUT2D eigenvalue weighted by molar-refractivity contribution is 6.18. The standard InChI is InChI=1S/C25H40Cl2N2O4/c1-16(2)29-15-21(25(32)33)24(31)20-7-6-19(13-22(20)29)23(30)18-5-3-4-17(12-18)14-28(10-8-26)11-9-27/h16-22H,3-15H2,1-2H3,(H,32,33)/p-1. The summed E-state index contributed by atoms with van der Waals surface area (Å²) in [6, 6.07) is 0.0772. The van der Waals surface area contributed by atoms with Crippen LogP contribution in [0.1, 0.15) is 58.8 Å². The van der Waals surface area contributed by atoms with Crippen molar-refractivity contribution in [2.75, 3.05) is 37.9 Å². The first-order chi connectivity index (χ1) is 15.8. The summed E-state index contributed by atoms with van der Waals surface area (Å²) >= 11 is 11.9. The van der Waals surface area contributed by atoms with E-state index in [0.717, 1.165) is 45.3 Å². The number of ketones is 2. The van der Waals surface area contributed by atoms with Crippen molar-refractivity contribution in [3.8, 4) is 0 Å². The number of carboxylic acid groups (broad SMARTS) is 1. The first-order valence-corrected chi connectivity index (χ1v) is 13.7. The zero-order chi connectivity index (χ0) is 24.1. The lowest BCUT2D eigenvalue weighted by Crippen LogP contribution is -2.61. The number of carbonyl (C=O) groups excluding carboxylic acids is 3. The Labute approximate surface area is 208 Å². The monoisotopic (exact) mass is 501 g/mol. The first-order valence-electron chi connectivity index (χ1n) is 12.6. The zero-order valence-electron chi connectivity index (χ0n) is 20.0. The van der Waals surface area contributed by atoms with Gasteiger partial charge in [0.2, 0.25) is 0 Å². The number of carbonyl (C=O) groups is 3. The zero-order valence-corrected chi connectivity index (χ0v) is 21.5. The molecule has 0 radical (unpaired) electrons. The van der Waals surface area contributed by atoms with E-state index >= 15 is 0 Å². The molecule has 1 saturated heterocycles. The van der Waals surface area contributed by atoms with Crippen LogP contribution < -0.4 is 5.11 Å². The Kier molecular flexibility index (Phi) is 10.0. The second kappa shape index (κ2) is 12.3. The number of nitrogens with zero attached hydrogens (tertiary/aromatic N) is 2. The van der Waals surface area contributed by atoms with E-state index in [0.29, 0.717) is 42.7 Å². The number of hydrogen-bond donors (Lipinski definition) is 0. The molecule has 0 N–H and O–H groups in total. The topological polar surface area (TPSA) is 80.8 Å². The normalized spacial score (nSPS) is 33.3.